The monoisotopic (exact) mass is 200 g/mol. The van der Waals surface area contributed by atoms with Crippen molar-refractivity contribution in [2.45, 2.75) is 13.8 Å². The Morgan fingerprint density at radius 1 is 1.33 bits per heavy atom. The zero-order chi connectivity index (χ0) is 11.0. The van der Waals surface area contributed by atoms with E-state index in [1.807, 2.05) is 25.1 Å². The Kier molecular flexibility index (Phi) is 2.15. The molecule has 0 aliphatic rings. The summed E-state index contributed by atoms with van der Waals surface area (Å²) in [5.41, 5.74) is 2.55. The number of hydrogen-bond acceptors (Lipinski definition) is 3. The van der Waals surface area contributed by atoms with Crippen molar-refractivity contribution in [3.05, 3.63) is 41.1 Å². The Morgan fingerprint density at radius 2 is 2.07 bits per heavy atom. The molecule has 0 aliphatic heterocycles. The van der Waals surface area contributed by atoms with Gasteiger partial charge in [-0.15, -0.1) is 0 Å². The number of aromatic carboxylic acids is 1. The molecule has 0 aliphatic carbocycles. The van der Waals surface area contributed by atoms with Gasteiger partial charge in [0, 0.05) is 16.6 Å². The smallest absolute Gasteiger partial charge is 0.0734 e. The van der Waals surface area contributed by atoms with Gasteiger partial charge in [-0.05, 0) is 25.5 Å². The fourth-order valence-electron chi connectivity index (χ4n) is 1.65. The Hall–Kier alpha value is -1.90. The number of carbonyl (C=O) groups is 1. The maximum atomic E-state index is 10.8. The van der Waals surface area contributed by atoms with E-state index >= 15 is 0 Å². The molecule has 0 spiro atoms. The van der Waals surface area contributed by atoms with Crippen molar-refractivity contribution in [3.63, 3.8) is 0 Å². The van der Waals surface area contributed by atoms with Crippen LogP contribution in [0.15, 0.2) is 24.3 Å². The Labute approximate surface area is 87.4 Å². The van der Waals surface area contributed by atoms with E-state index in [1.54, 1.807) is 13.0 Å². The summed E-state index contributed by atoms with van der Waals surface area (Å²) in [4.78, 5) is 15.1. The number of fused-ring (bicyclic) bond motifs is 1. The van der Waals surface area contributed by atoms with Crippen LogP contribution in [0.4, 0.5) is 0 Å². The minimum absolute atomic E-state index is 0.160. The van der Waals surface area contributed by atoms with E-state index in [9.17, 15) is 9.90 Å². The Morgan fingerprint density at radius 3 is 2.73 bits per heavy atom. The number of para-hydroxylation sites is 1. The molecule has 2 rings (SSSR count). The standard InChI is InChI=1S/C12H11NO2/c1-7-4-3-5-9-6-10(12(14)15)8(2)13-11(7)9/h3-6H,1-2H3,(H,14,15)/p-1. The molecule has 3 nitrogen and oxygen atoms in total. The Balaban J connectivity index is 2.82. The van der Waals surface area contributed by atoms with E-state index in [0.29, 0.717) is 5.69 Å². The van der Waals surface area contributed by atoms with E-state index in [4.69, 9.17) is 0 Å². The van der Waals surface area contributed by atoms with Crippen LogP contribution < -0.4 is 5.11 Å². The number of hydrogen-bond donors (Lipinski definition) is 0. The van der Waals surface area contributed by atoms with Crippen LogP contribution in [-0.2, 0) is 0 Å². The second-order valence-electron chi connectivity index (χ2n) is 3.56. The van der Waals surface area contributed by atoms with Gasteiger partial charge in [0.05, 0.1) is 11.5 Å². The summed E-state index contributed by atoms with van der Waals surface area (Å²) in [6.45, 7) is 3.63. The zero-order valence-electron chi connectivity index (χ0n) is 8.57. The molecule has 0 amide bonds. The summed E-state index contributed by atoms with van der Waals surface area (Å²) in [7, 11) is 0. The van der Waals surface area contributed by atoms with Crippen molar-refractivity contribution in [2.24, 2.45) is 0 Å². The minimum atomic E-state index is -1.18. The molecule has 2 aromatic rings. The van der Waals surface area contributed by atoms with Gasteiger partial charge < -0.3 is 9.90 Å². The van der Waals surface area contributed by atoms with Crippen LogP contribution in [0.25, 0.3) is 10.9 Å². The van der Waals surface area contributed by atoms with Gasteiger partial charge in [0.25, 0.3) is 0 Å². The lowest BCUT2D eigenvalue weighted by atomic mass is 10.1. The number of benzene rings is 1. The SMILES string of the molecule is Cc1nc2c(C)cccc2cc1C(=O)[O-]. The van der Waals surface area contributed by atoms with Crippen molar-refractivity contribution in [1.29, 1.82) is 0 Å². The van der Waals surface area contributed by atoms with Crippen molar-refractivity contribution in [3.8, 4) is 0 Å². The molecule has 1 heterocycles. The number of aryl methyl sites for hydroxylation is 2. The molecule has 0 saturated heterocycles. The third kappa shape index (κ3) is 1.56. The Bertz CT molecular complexity index is 547. The van der Waals surface area contributed by atoms with Crippen LogP contribution in [-0.4, -0.2) is 11.0 Å². The molecule has 0 saturated carbocycles. The molecule has 15 heavy (non-hydrogen) atoms. The summed E-state index contributed by atoms with van der Waals surface area (Å²) in [5.74, 6) is -1.18. The van der Waals surface area contributed by atoms with Crippen LogP contribution in [0.5, 0.6) is 0 Å². The quantitative estimate of drug-likeness (QED) is 0.695. The molecular formula is C12H10NO2-. The van der Waals surface area contributed by atoms with Gasteiger partial charge in [-0.2, -0.15) is 0 Å². The van der Waals surface area contributed by atoms with Crippen molar-refractivity contribution >= 4 is 16.9 Å². The first-order valence-corrected chi connectivity index (χ1v) is 4.68. The van der Waals surface area contributed by atoms with Crippen LogP contribution >= 0.6 is 0 Å². The molecule has 76 valence electrons. The van der Waals surface area contributed by atoms with Gasteiger partial charge in [0.15, 0.2) is 0 Å². The largest absolute Gasteiger partial charge is 0.545 e. The predicted octanol–water partition coefficient (Wildman–Crippen LogP) is 1.22. The van der Waals surface area contributed by atoms with E-state index < -0.39 is 5.97 Å². The molecule has 1 aromatic heterocycles. The van der Waals surface area contributed by atoms with Crippen molar-refractivity contribution < 1.29 is 9.90 Å². The van der Waals surface area contributed by atoms with Crippen LogP contribution in [0, 0.1) is 13.8 Å². The molecule has 0 N–H and O–H groups in total. The molecule has 0 bridgehead atoms. The fourth-order valence-corrected chi connectivity index (χ4v) is 1.65. The summed E-state index contributed by atoms with van der Waals surface area (Å²) >= 11 is 0. The van der Waals surface area contributed by atoms with Crippen molar-refractivity contribution in [1.82, 2.24) is 4.98 Å². The highest BCUT2D eigenvalue weighted by molar-refractivity contribution is 5.93. The van der Waals surface area contributed by atoms with Gasteiger partial charge >= 0.3 is 0 Å². The molecule has 0 unspecified atom stereocenters. The number of aromatic nitrogens is 1. The third-order valence-electron chi connectivity index (χ3n) is 2.46. The summed E-state index contributed by atoms with van der Waals surface area (Å²) in [5, 5.41) is 11.6. The van der Waals surface area contributed by atoms with Crippen LogP contribution in [0.1, 0.15) is 21.6 Å². The van der Waals surface area contributed by atoms with Gasteiger partial charge in [0.1, 0.15) is 0 Å². The van der Waals surface area contributed by atoms with Gasteiger partial charge in [-0.1, -0.05) is 18.2 Å². The average Bonchev–Trinajstić information content (AvgIpc) is 2.18. The summed E-state index contributed by atoms with van der Waals surface area (Å²) in [6.07, 6.45) is 0. The van der Waals surface area contributed by atoms with E-state index in [0.717, 1.165) is 16.5 Å². The highest BCUT2D eigenvalue weighted by Gasteiger charge is 2.05. The second kappa shape index (κ2) is 3.35. The first-order valence-electron chi connectivity index (χ1n) is 4.68. The van der Waals surface area contributed by atoms with Gasteiger partial charge in [-0.25, -0.2) is 0 Å². The number of nitrogens with zero attached hydrogens (tertiary/aromatic N) is 1. The minimum Gasteiger partial charge on any atom is -0.545 e. The fraction of sp³-hybridized carbons (Fsp3) is 0.167. The lowest BCUT2D eigenvalue weighted by Gasteiger charge is -2.09. The highest BCUT2D eigenvalue weighted by Crippen LogP contribution is 2.19. The molecule has 3 heteroatoms. The number of carboxylic acid groups (broad SMARTS) is 1. The average molecular weight is 200 g/mol. The van der Waals surface area contributed by atoms with Crippen molar-refractivity contribution in [2.75, 3.05) is 0 Å². The van der Waals surface area contributed by atoms with E-state index in [1.165, 1.54) is 0 Å². The van der Waals surface area contributed by atoms with Crippen LogP contribution in [0.3, 0.4) is 0 Å². The third-order valence-corrected chi connectivity index (χ3v) is 2.46. The normalized spacial score (nSPS) is 10.5. The van der Waals surface area contributed by atoms with Gasteiger partial charge in [-0.3, -0.25) is 4.98 Å². The van der Waals surface area contributed by atoms with E-state index in [2.05, 4.69) is 4.98 Å². The molecule has 0 atom stereocenters. The topological polar surface area (TPSA) is 53.0 Å². The molecule has 0 radical (unpaired) electrons. The first kappa shape index (κ1) is 9.65. The number of carbonyl (C=O) groups excluding carboxylic acids is 1. The number of pyridine rings is 1. The molecule has 0 fully saturated rings. The van der Waals surface area contributed by atoms with E-state index in [-0.39, 0.29) is 5.56 Å². The molecular weight excluding hydrogens is 190 g/mol. The molecule has 1 aromatic carbocycles. The summed E-state index contributed by atoms with van der Waals surface area (Å²) < 4.78 is 0. The maximum absolute atomic E-state index is 10.8. The maximum Gasteiger partial charge on any atom is 0.0734 e. The highest BCUT2D eigenvalue weighted by atomic mass is 16.4. The number of carboxylic acids is 1. The number of rotatable bonds is 1. The lowest BCUT2D eigenvalue weighted by molar-refractivity contribution is -0.255. The lowest BCUT2D eigenvalue weighted by Crippen LogP contribution is -2.23. The zero-order valence-corrected chi connectivity index (χ0v) is 8.57. The first-order chi connectivity index (χ1) is 7.09. The second-order valence-corrected chi connectivity index (χ2v) is 3.56. The predicted molar refractivity (Wildman–Crippen MR) is 55.5 cm³/mol. The summed E-state index contributed by atoms with van der Waals surface area (Å²) in [6, 6.07) is 7.29. The van der Waals surface area contributed by atoms with Crippen LogP contribution in [0.2, 0.25) is 0 Å². The van der Waals surface area contributed by atoms with Gasteiger partial charge in [0.2, 0.25) is 0 Å².